The van der Waals surface area contributed by atoms with Gasteiger partial charge in [0.1, 0.15) is 17.5 Å². The van der Waals surface area contributed by atoms with Crippen molar-refractivity contribution < 1.29 is 39.1 Å². The first kappa shape index (κ1) is 43.1. The van der Waals surface area contributed by atoms with Crippen LogP contribution in [0.4, 0.5) is 0 Å². The first-order valence-electron chi connectivity index (χ1n) is 22.3. The number of allylic oxidation sites excluding steroid dienone is 1. The third-order valence-corrected chi connectivity index (χ3v) is 15.4. The van der Waals surface area contributed by atoms with E-state index < -0.39 is 60.0 Å². The molecule has 7 aliphatic rings. The smallest absolute Gasteiger partial charge is 0.334 e. The van der Waals surface area contributed by atoms with Crippen molar-refractivity contribution in [2.24, 2.45) is 64.7 Å². The molecular weight excluding hydrogens is 727 g/mol. The SMILES string of the molecule is CC=C(CCNC)C(=O)O[C@H]1CC2C(O)C3C(=O)CC(CO)OC3C3C2O[C@@]1(C)[C@H](CC1CCC(N)NC1)CC#C[C@H](C1CCCC(O)C1)C3C1CCNC(N)C1. The number of aliphatic hydroxyl groups excluding tert-OH is 3. The molecule has 13 heteroatoms. The van der Waals surface area contributed by atoms with E-state index in [-0.39, 0.29) is 66.6 Å². The first-order valence-corrected chi connectivity index (χ1v) is 22.3. The van der Waals surface area contributed by atoms with Crippen LogP contribution in [0.3, 0.4) is 0 Å². The molecule has 5 aliphatic heterocycles. The van der Waals surface area contributed by atoms with Gasteiger partial charge in [0, 0.05) is 42.1 Å². The number of rotatable bonds is 10. The molecule has 6 fully saturated rings. The van der Waals surface area contributed by atoms with E-state index in [1.165, 1.54) is 0 Å². The molecule has 0 aromatic rings. The fraction of sp³-hybridized carbons (Fsp3) is 0.864. The molecule has 2 saturated carbocycles. The van der Waals surface area contributed by atoms with Crippen molar-refractivity contribution in [3.63, 3.8) is 0 Å². The molecule has 0 aromatic carbocycles. The number of fused-ring (bicyclic) bond motifs is 3. The van der Waals surface area contributed by atoms with Gasteiger partial charge in [-0.15, -0.1) is 5.92 Å². The van der Waals surface area contributed by atoms with E-state index in [1.807, 2.05) is 20.0 Å². The summed E-state index contributed by atoms with van der Waals surface area (Å²) < 4.78 is 21.1. The second-order valence-electron chi connectivity index (χ2n) is 18.8. The van der Waals surface area contributed by atoms with Crippen LogP contribution in [0.5, 0.6) is 0 Å². The summed E-state index contributed by atoms with van der Waals surface area (Å²) in [5, 5.41) is 44.1. The zero-order valence-corrected chi connectivity index (χ0v) is 34.5. The molecular formula is C44H71N5O8. The van der Waals surface area contributed by atoms with Crippen LogP contribution in [0.15, 0.2) is 11.6 Å². The number of carbonyl (C=O) groups is 2. The van der Waals surface area contributed by atoms with Crippen LogP contribution in [-0.2, 0) is 23.8 Å². The molecule has 7 rings (SSSR count). The first-order chi connectivity index (χ1) is 27.4. The normalized spacial score (nSPS) is 46.6. The van der Waals surface area contributed by atoms with Crippen LogP contribution >= 0.6 is 0 Å². The minimum atomic E-state index is -1.10. The van der Waals surface area contributed by atoms with Crippen molar-refractivity contribution in [3.8, 4) is 11.8 Å². The average molecular weight is 798 g/mol. The standard InChI is InChI=1S/C44H71N5O8/c1-4-25(13-15-47-3)43(54)56-34-21-32-40(53)38-33(52)20-30(23-50)55-42(38)39-37(27-14-16-48-36(46)19-27)31(26-7-5-9-29(51)18-26)10-6-8-28(44(34,2)57-41(32)39)17-24-11-12-35(45)49-22-24/h4,24,26-32,34-42,47-51,53H,5,7-9,11-23,45-46H2,1-3H3/t24?,26?,27?,28-,29?,30?,31+,32?,34-,35?,36?,37?,38?,39?,40?,41?,42?,44-/m0/s1. The Kier molecular flexibility index (Phi) is 14.2. The zero-order chi connectivity index (χ0) is 40.4. The average Bonchev–Trinajstić information content (AvgIpc) is 3.19. The highest BCUT2D eigenvalue weighted by Gasteiger charge is 2.65. The Balaban J connectivity index is 1.38. The summed E-state index contributed by atoms with van der Waals surface area (Å²) in [6.07, 6.45) is 6.22. The number of nitrogens with one attached hydrogen (secondary N) is 3. The van der Waals surface area contributed by atoms with Crippen molar-refractivity contribution in [3.05, 3.63) is 11.6 Å². The number of esters is 1. The van der Waals surface area contributed by atoms with Gasteiger partial charge in [-0.2, -0.15) is 0 Å². The number of Topliss-reactive ketones (excluding diaryl/α,β-unsaturated/α-hetero) is 1. The fourth-order valence-corrected chi connectivity index (χ4v) is 12.3. The highest BCUT2D eigenvalue weighted by atomic mass is 16.6. The van der Waals surface area contributed by atoms with Gasteiger partial charge in [0.05, 0.1) is 55.4 Å². The molecule has 4 saturated heterocycles. The summed E-state index contributed by atoms with van der Waals surface area (Å²) >= 11 is 0. The van der Waals surface area contributed by atoms with Crippen molar-refractivity contribution in [2.75, 3.05) is 33.3 Å². The summed E-state index contributed by atoms with van der Waals surface area (Å²) in [5.74, 6) is 5.53. The summed E-state index contributed by atoms with van der Waals surface area (Å²) in [6.45, 7) is 5.77. The van der Waals surface area contributed by atoms with Gasteiger partial charge in [-0.25, -0.2) is 4.79 Å². The maximum absolute atomic E-state index is 14.2. The number of carbonyl (C=O) groups excluding carboxylic acids is 2. The lowest BCUT2D eigenvalue weighted by molar-refractivity contribution is -0.304. The maximum Gasteiger partial charge on any atom is 0.334 e. The lowest BCUT2D eigenvalue weighted by atomic mass is 9.53. The molecule has 0 amide bonds. The second kappa shape index (κ2) is 18.8. The van der Waals surface area contributed by atoms with Gasteiger partial charge in [0.15, 0.2) is 0 Å². The number of ketones is 1. The molecule has 2 bridgehead atoms. The minimum Gasteiger partial charge on any atom is -0.456 e. The minimum absolute atomic E-state index is 0.0219. The fourth-order valence-electron chi connectivity index (χ4n) is 12.3. The van der Waals surface area contributed by atoms with Crippen molar-refractivity contribution in [2.45, 2.75) is 152 Å². The van der Waals surface area contributed by atoms with Gasteiger partial charge in [0.25, 0.3) is 0 Å². The molecule has 0 radical (unpaired) electrons. The van der Waals surface area contributed by atoms with E-state index >= 15 is 0 Å². The van der Waals surface area contributed by atoms with Crippen LogP contribution in [0.25, 0.3) is 0 Å². The molecule has 57 heavy (non-hydrogen) atoms. The predicted octanol–water partition coefficient (Wildman–Crippen LogP) is 1.71. The summed E-state index contributed by atoms with van der Waals surface area (Å²) in [5.41, 5.74) is 12.5. The van der Waals surface area contributed by atoms with E-state index in [4.69, 9.17) is 25.7 Å². The zero-order valence-electron chi connectivity index (χ0n) is 34.5. The predicted molar refractivity (Wildman–Crippen MR) is 215 cm³/mol. The lowest BCUT2D eigenvalue weighted by Gasteiger charge is -2.62. The Morgan fingerprint density at radius 2 is 1.88 bits per heavy atom. The molecule has 0 aromatic heterocycles. The molecule has 13 nitrogen and oxygen atoms in total. The maximum atomic E-state index is 14.2. The number of aliphatic hydroxyl groups is 3. The van der Waals surface area contributed by atoms with Crippen LogP contribution in [0.2, 0.25) is 0 Å². The van der Waals surface area contributed by atoms with Crippen molar-refractivity contribution in [1.82, 2.24) is 16.0 Å². The lowest BCUT2D eigenvalue weighted by Crippen LogP contribution is -2.71. The van der Waals surface area contributed by atoms with Gasteiger partial charge in [-0.05, 0) is 128 Å². The molecule has 2 aliphatic carbocycles. The van der Waals surface area contributed by atoms with Gasteiger partial charge in [0.2, 0.25) is 0 Å². The highest BCUT2D eigenvalue weighted by Crippen LogP contribution is 2.57. The third-order valence-electron chi connectivity index (χ3n) is 15.4. The van der Waals surface area contributed by atoms with E-state index in [0.29, 0.717) is 50.1 Å². The topological polar surface area (TPSA) is 211 Å². The van der Waals surface area contributed by atoms with Crippen molar-refractivity contribution >= 4 is 11.8 Å². The molecule has 0 spiro atoms. The second-order valence-corrected chi connectivity index (χ2v) is 18.8. The third kappa shape index (κ3) is 9.07. The number of piperidine rings is 2. The summed E-state index contributed by atoms with van der Waals surface area (Å²) in [6, 6.07) is 0. The molecule has 5 heterocycles. The van der Waals surface area contributed by atoms with Gasteiger partial charge in [-0.1, -0.05) is 18.4 Å². The van der Waals surface area contributed by atoms with Gasteiger partial charge < -0.3 is 56.9 Å². The Labute approximate surface area is 339 Å². The van der Waals surface area contributed by atoms with E-state index in [2.05, 4.69) is 34.7 Å². The van der Waals surface area contributed by atoms with E-state index in [0.717, 1.165) is 58.0 Å². The Morgan fingerprint density at radius 3 is 2.58 bits per heavy atom. The summed E-state index contributed by atoms with van der Waals surface area (Å²) in [4.78, 5) is 28.3. The molecule has 14 unspecified atom stereocenters. The van der Waals surface area contributed by atoms with Crippen LogP contribution in [-0.4, -0.2) is 115 Å². The van der Waals surface area contributed by atoms with Gasteiger partial charge >= 0.3 is 5.97 Å². The number of hydrogen-bond donors (Lipinski definition) is 8. The largest absolute Gasteiger partial charge is 0.456 e. The van der Waals surface area contributed by atoms with Crippen LogP contribution in [0.1, 0.15) is 97.3 Å². The number of ether oxygens (including phenoxy) is 3. The van der Waals surface area contributed by atoms with E-state index in [9.17, 15) is 24.9 Å². The molecule has 18 atom stereocenters. The Hall–Kier alpha value is -1.96. The molecule has 320 valence electrons. The monoisotopic (exact) mass is 798 g/mol. The number of nitrogens with two attached hydrogens (primary N) is 2. The Morgan fingerprint density at radius 1 is 1.05 bits per heavy atom. The van der Waals surface area contributed by atoms with Crippen LogP contribution < -0.4 is 27.4 Å². The van der Waals surface area contributed by atoms with Crippen molar-refractivity contribution in [1.29, 1.82) is 0 Å². The Bertz CT molecular complexity index is 1500. The number of hydrogen-bond acceptors (Lipinski definition) is 13. The van der Waals surface area contributed by atoms with Crippen LogP contribution in [0, 0.1) is 65.1 Å². The van der Waals surface area contributed by atoms with Gasteiger partial charge in [-0.3, -0.25) is 4.79 Å². The van der Waals surface area contributed by atoms with E-state index in [1.54, 1.807) is 0 Å². The quantitative estimate of drug-likeness (QED) is 0.0901. The summed E-state index contributed by atoms with van der Waals surface area (Å²) in [7, 11) is 1.85. The molecule has 10 N–H and O–H groups in total. The highest BCUT2D eigenvalue weighted by molar-refractivity contribution is 5.88.